The van der Waals surface area contributed by atoms with Crippen molar-refractivity contribution in [3.8, 4) is 0 Å². The lowest BCUT2D eigenvalue weighted by molar-refractivity contribution is -0.366. The molecule has 0 unspecified atom stereocenters. The summed E-state index contributed by atoms with van der Waals surface area (Å²) in [6.45, 7) is 0.298. The van der Waals surface area contributed by atoms with E-state index in [2.05, 4.69) is 4.74 Å². The van der Waals surface area contributed by atoms with Crippen molar-refractivity contribution >= 4 is 21.6 Å². The van der Waals surface area contributed by atoms with Crippen molar-refractivity contribution < 1.29 is 57.5 Å². The molecule has 2 aliphatic rings. The number of nitrogens with one attached hydrogen (secondary N) is 1. The Morgan fingerprint density at radius 3 is 2.06 bits per heavy atom. The molecular weight excluding hydrogens is 487 g/mol. The number of sulfonamides is 1. The third-order valence-electron chi connectivity index (χ3n) is 4.92. The second kappa shape index (κ2) is 7.21. The SMILES string of the molecule is O=C(Nc1cccc(S(=O)(=O)N2CCCC2)c1)C(F)(F)[C@@]1(F)OC(F)(F)C(F)(F)C1(F)F. The Kier molecular flexibility index (Phi) is 5.54. The molecule has 0 spiro atoms. The van der Waals surface area contributed by atoms with Crippen LogP contribution in [-0.2, 0) is 19.6 Å². The first kappa shape index (κ1) is 24.6. The first-order chi connectivity index (χ1) is 14.4. The number of rotatable bonds is 5. The van der Waals surface area contributed by atoms with E-state index in [1.165, 1.54) is 0 Å². The Morgan fingerprint density at radius 1 is 1.00 bits per heavy atom. The lowest BCUT2D eigenvalue weighted by Crippen LogP contribution is -2.63. The number of alkyl halides is 9. The summed E-state index contributed by atoms with van der Waals surface area (Å²) < 4.78 is 151. The number of carbonyl (C=O) groups is 1. The molecule has 0 radical (unpaired) electrons. The van der Waals surface area contributed by atoms with Crippen molar-refractivity contribution in [1.29, 1.82) is 0 Å². The monoisotopic (exact) mass is 500 g/mol. The van der Waals surface area contributed by atoms with Gasteiger partial charge in [0.25, 0.3) is 0 Å². The van der Waals surface area contributed by atoms with E-state index in [-0.39, 0.29) is 13.1 Å². The first-order valence-corrected chi connectivity index (χ1v) is 10.2. The summed E-state index contributed by atoms with van der Waals surface area (Å²) >= 11 is 0. The average molecular weight is 500 g/mol. The molecule has 1 aromatic carbocycles. The molecule has 3 rings (SSSR count). The third kappa shape index (κ3) is 3.25. The highest BCUT2D eigenvalue weighted by molar-refractivity contribution is 7.89. The summed E-state index contributed by atoms with van der Waals surface area (Å²) in [6.07, 6.45) is -5.27. The quantitative estimate of drug-likeness (QED) is 0.628. The zero-order chi connectivity index (χ0) is 24.4. The Balaban J connectivity index is 1.90. The van der Waals surface area contributed by atoms with Gasteiger partial charge in [0.2, 0.25) is 10.0 Å². The van der Waals surface area contributed by atoms with Crippen LogP contribution in [0.15, 0.2) is 29.2 Å². The van der Waals surface area contributed by atoms with Gasteiger partial charge in [-0.2, -0.15) is 43.8 Å². The van der Waals surface area contributed by atoms with Gasteiger partial charge in [-0.15, -0.1) is 0 Å². The Bertz CT molecular complexity index is 1030. The van der Waals surface area contributed by atoms with Crippen molar-refractivity contribution in [2.45, 2.75) is 47.5 Å². The topological polar surface area (TPSA) is 75.7 Å². The van der Waals surface area contributed by atoms with Gasteiger partial charge in [0, 0.05) is 18.8 Å². The minimum atomic E-state index is -6.81. The van der Waals surface area contributed by atoms with Gasteiger partial charge < -0.3 is 5.32 Å². The molecule has 32 heavy (non-hydrogen) atoms. The van der Waals surface area contributed by atoms with Gasteiger partial charge in [-0.3, -0.25) is 9.53 Å². The number of ether oxygens (including phenoxy) is 1. The number of anilines is 1. The minimum Gasteiger partial charge on any atom is -0.321 e. The van der Waals surface area contributed by atoms with Crippen molar-refractivity contribution in [3.63, 3.8) is 0 Å². The fraction of sp³-hybridized carbons (Fsp3) is 0.562. The third-order valence-corrected chi connectivity index (χ3v) is 6.81. The molecule has 6 nitrogen and oxygen atoms in total. The summed E-state index contributed by atoms with van der Waals surface area (Å²) in [5, 5.41) is 1.16. The van der Waals surface area contributed by atoms with Crippen LogP contribution in [0.4, 0.5) is 45.2 Å². The van der Waals surface area contributed by atoms with Crippen LogP contribution in [0.1, 0.15) is 12.8 Å². The second-order valence-corrected chi connectivity index (χ2v) is 8.97. The zero-order valence-electron chi connectivity index (χ0n) is 15.5. The summed E-state index contributed by atoms with van der Waals surface area (Å²) in [6, 6.07) is 3.36. The van der Waals surface area contributed by atoms with Crippen LogP contribution in [0.3, 0.4) is 0 Å². The minimum absolute atomic E-state index is 0.149. The molecule has 0 aliphatic carbocycles. The van der Waals surface area contributed by atoms with Crippen molar-refractivity contribution in [2.24, 2.45) is 0 Å². The van der Waals surface area contributed by atoms with Crippen LogP contribution < -0.4 is 5.32 Å². The largest absolute Gasteiger partial charge is 0.428 e. The van der Waals surface area contributed by atoms with E-state index < -0.39 is 56.2 Å². The van der Waals surface area contributed by atoms with E-state index in [0.717, 1.165) is 27.8 Å². The van der Waals surface area contributed by atoms with Crippen LogP contribution in [0.25, 0.3) is 0 Å². The molecular formula is C16H13F9N2O4S. The number of benzene rings is 1. The zero-order valence-corrected chi connectivity index (χ0v) is 16.3. The number of hydrogen-bond donors (Lipinski definition) is 1. The van der Waals surface area contributed by atoms with Crippen molar-refractivity contribution in [1.82, 2.24) is 4.31 Å². The molecule has 2 fully saturated rings. The van der Waals surface area contributed by atoms with Gasteiger partial charge >= 0.3 is 35.6 Å². The van der Waals surface area contributed by atoms with Gasteiger partial charge in [0.1, 0.15) is 0 Å². The maximum Gasteiger partial charge on any atom is 0.428 e. The van der Waals surface area contributed by atoms with E-state index >= 15 is 0 Å². The maximum atomic E-state index is 14.2. The summed E-state index contributed by atoms with van der Waals surface area (Å²) in [7, 11) is -4.13. The molecule has 1 amide bonds. The van der Waals surface area contributed by atoms with E-state index in [9.17, 15) is 52.7 Å². The number of halogens is 9. The van der Waals surface area contributed by atoms with Crippen molar-refractivity contribution in [2.75, 3.05) is 18.4 Å². The van der Waals surface area contributed by atoms with Crippen molar-refractivity contribution in [3.05, 3.63) is 24.3 Å². The second-order valence-electron chi connectivity index (χ2n) is 7.03. The molecule has 2 heterocycles. The molecule has 16 heteroatoms. The highest BCUT2D eigenvalue weighted by Gasteiger charge is 2.96. The predicted molar refractivity (Wildman–Crippen MR) is 87.8 cm³/mol. The number of nitrogens with zero attached hydrogens (tertiary/aromatic N) is 1. The summed E-state index contributed by atoms with van der Waals surface area (Å²) in [5.74, 6) is -29.3. The van der Waals surface area contributed by atoms with Gasteiger partial charge in [-0.05, 0) is 31.0 Å². The molecule has 1 atom stereocenters. The van der Waals surface area contributed by atoms with Gasteiger partial charge in [0.05, 0.1) is 4.90 Å². The van der Waals surface area contributed by atoms with E-state index in [0.29, 0.717) is 18.9 Å². The molecule has 0 bridgehead atoms. The van der Waals surface area contributed by atoms with E-state index in [1.54, 1.807) is 0 Å². The summed E-state index contributed by atoms with van der Waals surface area (Å²) in [4.78, 5) is 11.3. The smallest absolute Gasteiger partial charge is 0.321 e. The predicted octanol–water partition coefficient (Wildman–Crippen LogP) is 3.60. The molecule has 0 aromatic heterocycles. The van der Waals surface area contributed by atoms with Crippen LogP contribution >= 0.6 is 0 Å². The molecule has 1 N–H and O–H groups in total. The average Bonchev–Trinajstić information content (AvgIpc) is 3.25. The van der Waals surface area contributed by atoms with E-state index in [4.69, 9.17) is 0 Å². The first-order valence-electron chi connectivity index (χ1n) is 8.74. The Morgan fingerprint density at radius 2 is 1.56 bits per heavy atom. The lowest BCUT2D eigenvalue weighted by Gasteiger charge is -2.31. The normalized spacial score (nSPS) is 27.4. The number of hydrogen-bond acceptors (Lipinski definition) is 4. The highest BCUT2D eigenvalue weighted by atomic mass is 32.2. The van der Waals surface area contributed by atoms with Crippen LogP contribution in [0.5, 0.6) is 0 Å². The van der Waals surface area contributed by atoms with Crippen LogP contribution in [0, 0.1) is 0 Å². The fourth-order valence-electron chi connectivity index (χ4n) is 3.12. The standard InChI is InChI=1S/C16H13F9N2O4S/c17-12(18,15(23)13(19,20)14(21,22)16(24,25)31-15)11(28)26-9-4-3-5-10(8-9)32(29,30)27-6-1-2-7-27/h3-5,8H,1-2,6-7H2,(H,26,28)/t15-/m1/s1. The molecule has 2 aliphatic heterocycles. The van der Waals surface area contributed by atoms with Crippen LogP contribution in [-0.4, -0.2) is 61.5 Å². The maximum absolute atomic E-state index is 14.2. The molecule has 1 aromatic rings. The number of carbonyl (C=O) groups excluding carboxylic acids is 1. The van der Waals surface area contributed by atoms with Crippen LogP contribution in [0.2, 0.25) is 0 Å². The molecule has 0 saturated carbocycles. The lowest BCUT2D eigenvalue weighted by atomic mass is 9.99. The fourth-order valence-corrected chi connectivity index (χ4v) is 4.68. The Hall–Kier alpha value is -2.07. The molecule has 180 valence electrons. The Labute approximate surface area is 174 Å². The number of amides is 1. The summed E-state index contributed by atoms with van der Waals surface area (Å²) in [5.41, 5.74) is -0.793. The molecule has 2 saturated heterocycles. The van der Waals surface area contributed by atoms with E-state index in [1.807, 2.05) is 0 Å². The van der Waals surface area contributed by atoms with Gasteiger partial charge in [0.15, 0.2) is 0 Å². The van der Waals surface area contributed by atoms with Gasteiger partial charge in [-0.1, -0.05) is 6.07 Å². The highest BCUT2D eigenvalue weighted by Crippen LogP contribution is 2.64. The van der Waals surface area contributed by atoms with Gasteiger partial charge in [-0.25, -0.2) is 8.42 Å².